The third kappa shape index (κ3) is 1.77. The van der Waals surface area contributed by atoms with E-state index in [2.05, 4.69) is 35.3 Å². The Morgan fingerprint density at radius 2 is 2.29 bits per heavy atom. The van der Waals surface area contributed by atoms with Crippen molar-refractivity contribution in [1.29, 1.82) is 0 Å². The van der Waals surface area contributed by atoms with Gasteiger partial charge in [0.15, 0.2) is 0 Å². The van der Waals surface area contributed by atoms with Gasteiger partial charge in [-0.25, -0.2) is 4.98 Å². The van der Waals surface area contributed by atoms with Gasteiger partial charge in [-0.1, -0.05) is 13.3 Å². The summed E-state index contributed by atoms with van der Waals surface area (Å²) in [5.74, 6) is 0. The molecule has 0 aromatic carbocycles. The van der Waals surface area contributed by atoms with Crippen LogP contribution in [0.2, 0.25) is 0 Å². The number of hydrogen-bond acceptors (Lipinski definition) is 2. The Bertz CT molecular complexity index is 434. The molecule has 0 aliphatic carbocycles. The first kappa shape index (κ1) is 9.59. The zero-order valence-electron chi connectivity index (χ0n) is 8.50. The van der Waals surface area contributed by atoms with E-state index in [0.717, 1.165) is 12.1 Å². The highest BCUT2D eigenvalue weighted by molar-refractivity contribution is 7.98. The van der Waals surface area contributed by atoms with Crippen LogP contribution in [-0.4, -0.2) is 16.2 Å². The molecule has 0 saturated carbocycles. The molecule has 3 heteroatoms. The molecule has 0 unspecified atom stereocenters. The number of nitrogens with one attached hydrogen (secondary N) is 1. The van der Waals surface area contributed by atoms with Crippen molar-refractivity contribution in [3.8, 4) is 0 Å². The van der Waals surface area contributed by atoms with Crippen LogP contribution in [0.15, 0.2) is 23.2 Å². The monoisotopic (exact) mass is 206 g/mol. The van der Waals surface area contributed by atoms with Crippen molar-refractivity contribution >= 4 is 22.8 Å². The molecule has 0 radical (unpaired) electrons. The van der Waals surface area contributed by atoms with Gasteiger partial charge in [0.25, 0.3) is 0 Å². The van der Waals surface area contributed by atoms with E-state index in [1.165, 1.54) is 22.4 Å². The summed E-state index contributed by atoms with van der Waals surface area (Å²) in [5, 5.41) is 1.22. The molecule has 14 heavy (non-hydrogen) atoms. The Kier molecular flexibility index (Phi) is 2.77. The number of nitrogens with zero attached hydrogens (tertiary/aromatic N) is 1. The highest BCUT2D eigenvalue weighted by Gasteiger charge is 2.01. The van der Waals surface area contributed by atoms with Crippen LogP contribution in [0, 0.1) is 0 Å². The zero-order valence-corrected chi connectivity index (χ0v) is 9.32. The lowest BCUT2D eigenvalue weighted by atomic mass is 10.2. The highest BCUT2D eigenvalue weighted by atomic mass is 32.2. The highest BCUT2D eigenvalue weighted by Crippen LogP contribution is 2.20. The number of aromatic nitrogens is 2. The lowest BCUT2D eigenvalue weighted by molar-refractivity contribution is 0.894. The predicted octanol–water partition coefficient (Wildman–Crippen LogP) is 3.24. The van der Waals surface area contributed by atoms with Crippen molar-refractivity contribution in [3.63, 3.8) is 0 Å². The average molecular weight is 206 g/mol. The quantitative estimate of drug-likeness (QED) is 0.781. The average Bonchev–Trinajstić information content (AvgIpc) is 2.59. The van der Waals surface area contributed by atoms with Crippen molar-refractivity contribution in [2.45, 2.75) is 24.7 Å². The van der Waals surface area contributed by atoms with Gasteiger partial charge in [0, 0.05) is 22.2 Å². The molecule has 0 bridgehead atoms. The third-order valence-electron chi connectivity index (χ3n) is 2.26. The number of aryl methyl sites for hydroxylation is 1. The van der Waals surface area contributed by atoms with E-state index in [1.807, 2.05) is 6.20 Å². The van der Waals surface area contributed by atoms with Crippen molar-refractivity contribution in [3.05, 3.63) is 24.0 Å². The summed E-state index contributed by atoms with van der Waals surface area (Å²) >= 11 is 1.73. The Morgan fingerprint density at radius 1 is 1.43 bits per heavy atom. The van der Waals surface area contributed by atoms with Gasteiger partial charge >= 0.3 is 0 Å². The number of aromatic amines is 1. The van der Waals surface area contributed by atoms with Gasteiger partial charge in [-0.2, -0.15) is 0 Å². The van der Waals surface area contributed by atoms with Crippen LogP contribution < -0.4 is 0 Å². The summed E-state index contributed by atoms with van der Waals surface area (Å²) in [6.07, 6.45) is 6.26. The first-order valence-electron chi connectivity index (χ1n) is 4.85. The molecule has 0 fully saturated rings. The van der Waals surface area contributed by atoms with E-state index in [-0.39, 0.29) is 0 Å². The molecule has 2 nitrogen and oxygen atoms in total. The molecule has 74 valence electrons. The predicted molar refractivity (Wildman–Crippen MR) is 61.9 cm³/mol. The molecule has 2 aromatic rings. The smallest absolute Gasteiger partial charge is 0.137 e. The van der Waals surface area contributed by atoms with E-state index in [4.69, 9.17) is 0 Å². The van der Waals surface area contributed by atoms with E-state index < -0.39 is 0 Å². The third-order valence-corrected chi connectivity index (χ3v) is 2.95. The number of fused-ring (bicyclic) bond motifs is 1. The molecule has 0 aliphatic heterocycles. The van der Waals surface area contributed by atoms with Gasteiger partial charge < -0.3 is 4.98 Å². The summed E-state index contributed by atoms with van der Waals surface area (Å²) in [7, 11) is 0. The van der Waals surface area contributed by atoms with Gasteiger partial charge in [0.05, 0.1) is 0 Å². The normalized spacial score (nSPS) is 11.0. The van der Waals surface area contributed by atoms with Crippen LogP contribution in [0.3, 0.4) is 0 Å². The number of H-pyrrole nitrogens is 1. The summed E-state index contributed by atoms with van der Waals surface area (Å²) in [6, 6.07) is 4.38. The van der Waals surface area contributed by atoms with Crippen LogP contribution in [-0.2, 0) is 6.42 Å². The number of hydrogen-bond donors (Lipinski definition) is 1. The maximum Gasteiger partial charge on any atom is 0.137 e. The van der Waals surface area contributed by atoms with E-state index in [0.29, 0.717) is 0 Å². The van der Waals surface area contributed by atoms with E-state index in [1.54, 1.807) is 11.8 Å². The zero-order chi connectivity index (χ0) is 9.97. The van der Waals surface area contributed by atoms with Gasteiger partial charge in [-0.15, -0.1) is 11.8 Å². The Morgan fingerprint density at radius 3 is 3.00 bits per heavy atom. The topological polar surface area (TPSA) is 28.7 Å². The second-order valence-corrected chi connectivity index (χ2v) is 4.24. The maximum absolute atomic E-state index is 4.38. The summed E-state index contributed by atoms with van der Waals surface area (Å²) < 4.78 is 0. The minimum atomic E-state index is 1.01. The lowest BCUT2D eigenvalue weighted by Gasteiger charge is -1.93. The summed E-state index contributed by atoms with van der Waals surface area (Å²) in [4.78, 5) is 8.93. The SMILES string of the molecule is CCCc1cc2cc(SC)cnc2[nH]1. The van der Waals surface area contributed by atoms with Gasteiger partial charge in [0.1, 0.15) is 5.65 Å². The van der Waals surface area contributed by atoms with E-state index in [9.17, 15) is 0 Å². The minimum absolute atomic E-state index is 1.01. The molecule has 2 aromatic heterocycles. The minimum Gasteiger partial charge on any atom is -0.343 e. The molecule has 0 saturated heterocycles. The van der Waals surface area contributed by atoms with Gasteiger partial charge in [0.2, 0.25) is 0 Å². The summed E-state index contributed by atoms with van der Waals surface area (Å²) in [5.41, 5.74) is 2.29. The number of thioether (sulfide) groups is 1. The van der Waals surface area contributed by atoms with Crippen LogP contribution >= 0.6 is 11.8 Å². The molecule has 0 aliphatic rings. The molecule has 2 heterocycles. The Labute approximate surface area is 88.1 Å². The van der Waals surface area contributed by atoms with Gasteiger partial charge in [-0.05, 0) is 24.8 Å². The number of pyridine rings is 1. The molecular weight excluding hydrogens is 192 g/mol. The second-order valence-electron chi connectivity index (χ2n) is 3.36. The maximum atomic E-state index is 4.38. The molecular formula is C11H14N2S. The Balaban J connectivity index is 2.43. The fraction of sp³-hybridized carbons (Fsp3) is 0.364. The van der Waals surface area contributed by atoms with Crippen LogP contribution in [0.5, 0.6) is 0 Å². The fourth-order valence-electron chi connectivity index (χ4n) is 1.57. The lowest BCUT2D eigenvalue weighted by Crippen LogP contribution is -1.81. The molecule has 0 spiro atoms. The molecule has 0 atom stereocenters. The van der Waals surface area contributed by atoms with Crippen LogP contribution in [0.25, 0.3) is 11.0 Å². The van der Waals surface area contributed by atoms with Crippen molar-refractivity contribution in [2.75, 3.05) is 6.26 Å². The van der Waals surface area contributed by atoms with Crippen LogP contribution in [0.4, 0.5) is 0 Å². The standard InChI is InChI=1S/C11H14N2S/c1-3-4-9-5-8-6-10(14-2)7-12-11(8)13-9/h5-7H,3-4H2,1-2H3,(H,12,13). The number of rotatable bonds is 3. The second kappa shape index (κ2) is 4.05. The first-order valence-corrected chi connectivity index (χ1v) is 6.07. The van der Waals surface area contributed by atoms with Crippen molar-refractivity contribution in [2.24, 2.45) is 0 Å². The molecule has 0 amide bonds. The van der Waals surface area contributed by atoms with Crippen molar-refractivity contribution < 1.29 is 0 Å². The fourth-order valence-corrected chi connectivity index (χ4v) is 1.97. The first-order chi connectivity index (χ1) is 6.83. The van der Waals surface area contributed by atoms with Gasteiger partial charge in [-0.3, -0.25) is 0 Å². The largest absolute Gasteiger partial charge is 0.343 e. The molecule has 1 N–H and O–H groups in total. The Hall–Kier alpha value is -0.960. The summed E-state index contributed by atoms with van der Waals surface area (Å²) in [6.45, 7) is 2.19. The van der Waals surface area contributed by atoms with Crippen LogP contribution in [0.1, 0.15) is 19.0 Å². The van der Waals surface area contributed by atoms with E-state index >= 15 is 0 Å². The molecule has 2 rings (SSSR count). The van der Waals surface area contributed by atoms with Crippen molar-refractivity contribution in [1.82, 2.24) is 9.97 Å².